The van der Waals surface area contributed by atoms with Crippen LogP contribution in [0.4, 0.5) is 16.2 Å². The Balaban J connectivity index is 1.82. The summed E-state index contributed by atoms with van der Waals surface area (Å²) in [7, 11) is 3.22. The molecule has 3 N–H and O–H groups in total. The van der Waals surface area contributed by atoms with Crippen molar-refractivity contribution in [1.82, 2.24) is 10.3 Å². The van der Waals surface area contributed by atoms with Gasteiger partial charge in [0.25, 0.3) is 5.91 Å². The van der Waals surface area contributed by atoms with Gasteiger partial charge in [0.15, 0.2) is 0 Å². The molecule has 0 radical (unpaired) electrons. The van der Waals surface area contributed by atoms with E-state index in [9.17, 15) is 14.4 Å². The number of hydrogen-bond acceptors (Lipinski definition) is 3. The van der Waals surface area contributed by atoms with Crippen LogP contribution in [0, 0.1) is 0 Å². The van der Waals surface area contributed by atoms with Crippen LogP contribution in [0.1, 0.15) is 10.4 Å². The fraction of sp³-hybridized carbons (Fsp3) is 0.105. The SMILES string of the molecule is CNC(=O)N(C)c1ccc(NC(=O)c2cccc3[nH]c(=O)ccc23)cc1. The summed E-state index contributed by atoms with van der Waals surface area (Å²) in [4.78, 5) is 39.8. The Labute approximate surface area is 149 Å². The zero-order valence-electron chi connectivity index (χ0n) is 14.4. The van der Waals surface area contributed by atoms with Crippen LogP contribution in [0.5, 0.6) is 0 Å². The Morgan fingerprint density at radius 3 is 2.42 bits per heavy atom. The third kappa shape index (κ3) is 3.41. The predicted octanol–water partition coefficient (Wildman–Crippen LogP) is 2.56. The molecule has 0 fully saturated rings. The first-order valence-electron chi connectivity index (χ1n) is 7.98. The van der Waals surface area contributed by atoms with Gasteiger partial charge in [-0.15, -0.1) is 0 Å². The van der Waals surface area contributed by atoms with Crippen LogP contribution < -0.4 is 21.1 Å². The van der Waals surface area contributed by atoms with Crippen molar-refractivity contribution in [1.29, 1.82) is 0 Å². The van der Waals surface area contributed by atoms with Gasteiger partial charge in [-0.2, -0.15) is 0 Å². The van der Waals surface area contributed by atoms with Crippen LogP contribution >= 0.6 is 0 Å². The highest BCUT2D eigenvalue weighted by molar-refractivity contribution is 6.12. The first-order chi connectivity index (χ1) is 12.5. The summed E-state index contributed by atoms with van der Waals surface area (Å²) >= 11 is 0. The fourth-order valence-corrected chi connectivity index (χ4v) is 2.64. The van der Waals surface area contributed by atoms with Crippen LogP contribution in [0.15, 0.2) is 59.4 Å². The number of aromatic amines is 1. The van der Waals surface area contributed by atoms with Crippen LogP contribution in [-0.2, 0) is 0 Å². The van der Waals surface area contributed by atoms with Crippen molar-refractivity contribution in [3.8, 4) is 0 Å². The van der Waals surface area contributed by atoms with Crippen molar-refractivity contribution in [2.45, 2.75) is 0 Å². The van der Waals surface area contributed by atoms with Gasteiger partial charge in [-0.1, -0.05) is 6.07 Å². The average molecular weight is 350 g/mol. The molecule has 0 saturated heterocycles. The molecule has 1 heterocycles. The highest BCUT2D eigenvalue weighted by Crippen LogP contribution is 2.20. The van der Waals surface area contributed by atoms with Crippen LogP contribution in [-0.4, -0.2) is 31.0 Å². The molecule has 132 valence electrons. The minimum Gasteiger partial charge on any atom is -0.341 e. The molecule has 0 aliphatic carbocycles. The quantitative estimate of drug-likeness (QED) is 0.677. The molecule has 0 saturated carbocycles. The van der Waals surface area contributed by atoms with E-state index in [1.807, 2.05) is 0 Å². The molecule has 7 heteroatoms. The van der Waals surface area contributed by atoms with Gasteiger partial charge in [0.1, 0.15) is 0 Å². The lowest BCUT2D eigenvalue weighted by Gasteiger charge is -2.17. The predicted molar refractivity (Wildman–Crippen MR) is 102 cm³/mol. The number of fused-ring (bicyclic) bond motifs is 1. The lowest BCUT2D eigenvalue weighted by molar-refractivity contribution is 0.102. The number of hydrogen-bond donors (Lipinski definition) is 3. The third-order valence-corrected chi connectivity index (χ3v) is 4.04. The molecule has 0 bridgehead atoms. The molecule has 26 heavy (non-hydrogen) atoms. The zero-order chi connectivity index (χ0) is 18.7. The van der Waals surface area contributed by atoms with E-state index in [0.717, 1.165) is 0 Å². The fourth-order valence-electron chi connectivity index (χ4n) is 2.64. The van der Waals surface area contributed by atoms with Gasteiger partial charge in [-0.05, 0) is 42.5 Å². The molecule has 3 aromatic rings. The summed E-state index contributed by atoms with van der Waals surface area (Å²) in [6.07, 6.45) is 0. The number of carbonyl (C=O) groups is 2. The Hall–Kier alpha value is -3.61. The first kappa shape index (κ1) is 17.2. The van der Waals surface area contributed by atoms with E-state index < -0.39 is 0 Å². The van der Waals surface area contributed by atoms with Gasteiger partial charge >= 0.3 is 6.03 Å². The van der Waals surface area contributed by atoms with Gasteiger partial charge in [0, 0.05) is 48.0 Å². The average Bonchev–Trinajstić information content (AvgIpc) is 2.66. The second kappa shape index (κ2) is 7.10. The van der Waals surface area contributed by atoms with E-state index in [-0.39, 0.29) is 17.5 Å². The monoisotopic (exact) mass is 350 g/mol. The maximum Gasteiger partial charge on any atom is 0.321 e. The molecule has 3 rings (SSSR count). The number of nitrogens with zero attached hydrogens (tertiary/aromatic N) is 1. The lowest BCUT2D eigenvalue weighted by atomic mass is 10.1. The maximum atomic E-state index is 12.6. The Bertz CT molecular complexity index is 1020. The number of rotatable bonds is 3. The molecule has 0 aliphatic rings. The maximum absolute atomic E-state index is 12.6. The molecule has 7 nitrogen and oxygen atoms in total. The third-order valence-electron chi connectivity index (χ3n) is 4.04. The number of nitrogens with one attached hydrogen (secondary N) is 3. The summed E-state index contributed by atoms with van der Waals surface area (Å²) in [5.41, 5.74) is 2.15. The van der Waals surface area contributed by atoms with E-state index in [2.05, 4.69) is 15.6 Å². The van der Waals surface area contributed by atoms with E-state index in [0.29, 0.717) is 27.8 Å². The Morgan fingerprint density at radius 1 is 1.00 bits per heavy atom. The summed E-state index contributed by atoms with van der Waals surface area (Å²) in [6, 6.07) is 14.9. The van der Waals surface area contributed by atoms with Gasteiger partial charge in [0.05, 0.1) is 0 Å². The number of amides is 3. The van der Waals surface area contributed by atoms with Gasteiger partial charge in [-0.3, -0.25) is 14.5 Å². The lowest BCUT2D eigenvalue weighted by Crippen LogP contribution is -2.34. The van der Waals surface area contributed by atoms with Crippen molar-refractivity contribution in [3.63, 3.8) is 0 Å². The van der Waals surface area contributed by atoms with E-state index in [4.69, 9.17) is 0 Å². The summed E-state index contributed by atoms with van der Waals surface area (Å²) in [5.74, 6) is -0.282. The van der Waals surface area contributed by atoms with Crippen molar-refractivity contribution >= 4 is 34.2 Å². The van der Waals surface area contributed by atoms with Crippen molar-refractivity contribution in [2.75, 3.05) is 24.3 Å². The summed E-state index contributed by atoms with van der Waals surface area (Å²) in [5, 5.41) is 6.04. The topological polar surface area (TPSA) is 94.3 Å². The standard InChI is InChI=1S/C19H18N4O3/c1-20-19(26)23(2)13-8-6-12(7-9-13)21-18(25)15-4-3-5-16-14(15)10-11-17(24)22-16/h3-11H,1-2H3,(H,20,26)(H,21,25)(H,22,24). The molecule has 0 aliphatic heterocycles. The number of aromatic nitrogens is 1. The van der Waals surface area contributed by atoms with Crippen LogP contribution in [0.3, 0.4) is 0 Å². The highest BCUT2D eigenvalue weighted by atomic mass is 16.2. The van der Waals surface area contributed by atoms with Gasteiger partial charge in [0.2, 0.25) is 5.56 Å². The zero-order valence-corrected chi connectivity index (χ0v) is 14.4. The molecule has 0 spiro atoms. The molecular weight excluding hydrogens is 332 g/mol. The second-order valence-corrected chi connectivity index (χ2v) is 5.70. The minimum atomic E-state index is -0.282. The number of H-pyrrole nitrogens is 1. The summed E-state index contributed by atoms with van der Waals surface area (Å²) < 4.78 is 0. The Morgan fingerprint density at radius 2 is 1.73 bits per heavy atom. The second-order valence-electron chi connectivity index (χ2n) is 5.70. The highest BCUT2D eigenvalue weighted by Gasteiger charge is 2.12. The molecule has 0 atom stereocenters. The normalized spacial score (nSPS) is 10.4. The number of carbonyl (C=O) groups excluding carboxylic acids is 2. The molecular formula is C19H18N4O3. The number of urea groups is 1. The first-order valence-corrected chi connectivity index (χ1v) is 7.98. The van der Waals surface area contributed by atoms with Crippen molar-refractivity contribution < 1.29 is 9.59 Å². The van der Waals surface area contributed by atoms with E-state index in [1.54, 1.807) is 62.6 Å². The van der Waals surface area contributed by atoms with Crippen LogP contribution in [0.2, 0.25) is 0 Å². The minimum absolute atomic E-state index is 0.217. The van der Waals surface area contributed by atoms with Crippen molar-refractivity contribution in [2.24, 2.45) is 0 Å². The van der Waals surface area contributed by atoms with Crippen molar-refractivity contribution in [3.05, 3.63) is 70.5 Å². The molecule has 3 amide bonds. The molecule has 1 aromatic heterocycles. The largest absolute Gasteiger partial charge is 0.341 e. The van der Waals surface area contributed by atoms with E-state index >= 15 is 0 Å². The Kier molecular flexibility index (Phi) is 4.70. The molecule has 2 aromatic carbocycles. The number of benzene rings is 2. The van der Waals surface area contributed by atoms with Crippen LogP contribution in [0.25, 0.3) is 10.9 Å². The van der Waals surface area contributed by atoms with E-state index in [1.165, 1.54) is 11.0 Å². The smallest absolute Gasteiger partial charge is 0.321 e. The summed E-state index contributed by atoms with van der Waals surface area (Å²) in [6.45, 7) is 0. The molecule has 0 unspecified atom stereocenters. The van der Waals surface area contributed by atoms with Gasteiger partial charge in [-0.25, -0.2) is 4.79 Å². The number of pyridine rings is 1. The number of anilines is 2. The van der Waals surface area contributed by atoms with Gasteiger partial charge < -0.3 is 15.6 Å².